The van der Waals surface area contributed by atoms with Crippen molar-refractivity contribution in [2.75, 3.05) is 20.6 Å². The van der Waals surface area contributed by atoms with Crippen LogP contribution in [0.4, 0.5) is 0 Å². The zero-order valence-electron chi connectivity index (χ0n) is 14.8. The number of nitrogens with zero attached hydrogens (tertiary/aromatic N) is 1. The van der Waals surface area contributed by atoms with E-state index in [0.717, 1.165) is 23.2 Å². The average molecular weight is 344 g/mol. The van der Waals surface area contributed by atoms with Gasteiger partial charge in [0.1, 0.15) is 5.60 Å². The molecule has 2 aromatic carbocycles. The summed E-state index contributed by atoms with van der Waals surface area (Å²) in [6.07, 6.45) is 2.04. The molecular formula is C21H26ClNO. The van der Waals surface area contributed by atoms with Gasteiger partial charge in [0.05, 0.1) is 0 Å². The van der Waals surface area contributed by atoms with Gasteiger partial charge in [-0.2, -0.15) is 0 Å². The van der Waals surface area contributed by atoms with E-state index in [9.17, 15) is 5.11 Å². The van der Waals surface area contributed by atoms with Crippen molar-refractivity contribution in [3.63, 3.8) is 0 Å². The maximum Gasteiger partial charge on any atom is 0.114 e. The largest absolute Gasteiger partial charge is 0.380 e. The Kier molecular flexibility index (Phi) is 6.22. The lowest BCUT2D eigenvalue weighted by Crippen LogP contribution is -2.40. The van der Waals surface area contributed by atoms with E-state index >= 15 is 0 Å². The standard InChI is InChI=1S/C21H26ClNO/c1-16(14-18-10-12-20(22)13-11-18)21(24,17(2)15-23(3)4)19-8-6-5-7-9-19/h5-14,17,24H,15H2,1-4H3. The Labute approximate surface area is 150 Å². The number of halogens is 1. The minimum Gasteiger partial charge on any atom is -0.380 e. The van der Waals surface area contributed by atoms with E-state index in [-0.39, 0.29) is 5.92 Å². The lowest BCUT2D eigenvalue weighted by Gasteiger charge is -2.37. The highest BCUT2D eigenvalue weighted by Gasteiger charge is 2.37. The van der Waals surface area contributed by atoms with Crippen LogP contribution in [0.3, 0.4) is 0 Å². The summed E-state index contributed by atoms with van der Waals surface area (Å²) in [6.45, 7) is 4.87. The summed E-state index contributed by atoms with van der Waals surface area (Å²) in [4.78, 5) is 2.11. The molecule has 0 saturated heterocycles. The van der Waals surface area contributed by atoms with Crippen molar-refractivity contribution in [1.29, 1.82) is 0 Å². The van der Waals surface area contributed by atoms with Crippen LogP contribution in [0.15, 0.2) is 60.2 Å². The van der Waals surface area contributed by atoms with Crippen molar-refractivity contribution in [3.05, 3.63) is 76.3 Å². The van der Waals surface area contributed by atoms with Gasteiger partial charge in [-0.1, -0.05) is 67.1 Å². The molecule has 0 radical (unpaired) electrons. The zero-order chi connectivity index (χ0) is 17.7. The topological polar surface area (TPSA) is 23.5 Å². The Morgan fingerprint density at radius 3 is 2.25 bits per heavy atom. The number of hydrogen-bond acceptors (Lipinski definition) is 2. The maximum absolute atomic E-state index is 11.7. The fourth-order valence-corrected chi connectivity index (χ4v) is 3.32. The van der Waals surface area contributed by atoms with Gasteiger partial charge in [-0.15, -0.1) is 0 Å². The summed E-state index contributed by atoms with van der Waals surface area (Å²) >= 11 is 5.97. The van der Waals surface area contributed by atoms with Crippen LogP contribution in [0.25, 0.3) is 6.08 Å². The first-order valence-corrected chi connectivity index (χ1v) is 8.58. The Morgan fingerprint density at radius 1 is 1.12 bits per heavy atom. The Bertz CT molecular complexity index is 679. The van der Waals surface area contributed by atoms with Crippen LogP contribution in [0.5, 0.6) is 0 Å². The zero-order valence-corrected chi connectivity index (χ0v) is 15.6. The van der Waals surface area contributed by atoms with E-state index in [4.69, 9.17) is 11.6 Å². The molecule has 3 heteroatoms. The molecule has 0 spiro atoms. The van der Waals surface area contributed by atoms with Crippen molar-refractivity contribution in [3.8, 4) is 0 Å². The fraction of sp³-hybridized carbons (Fsp3) is 0.333. The van der Waals surface area contributed by atoms with Gasteiger partial charge in [0.25, 0.3) is 0 Å². The molecule has 0 heterocycles. The number of aliphatic hydroxyl groups is 1. The number of hydrogen-bond donors (Lipinski definition) is 1. The van der Waals surface area contributed by atoms with Crippen LogP contribution in [-0.4, -0.2) is 30.6 Å². The first kappa shape index (κ1) is 18.7. The maximum atomic E-state index is 11.7. The smallest absolute Gasteiger partial charge is 0.114 e. The van der Waals surface area contributed by atoms with Crippen molar-refractivity contribution in [1.82, 2.24) is 4.90 Å². The van der Waals surface area contributed by atoms with Crippen LogP contribution >= 0.6 is 11.6 Å². The Morgan fingerprint density at radius 2 is 1.71 bits per heavy atom. The van der Waals surface area contributed by atoms with Gasteiger partial charge >= 0.3 is 0 Å². The molecule has 0 amide bonds. The normalized spacial score (nSPS) is 16.0. The SMILES string of the molecule is CC(=Cc1ccc(Cl)cc1)C(O)(c1ccccc1)C(C)CN(C)C. The second-order valence-electron chi connectivity index (χ2n) is 6.67. The van der Waals surface area contributed by atoms with E-state index < -0.39 is 5.60 Å². The average Bonchev–Trinajstić information content (AvgIpc) is 2.56. The predicted octanol–water partition coefficient (Wildman–Crippen LogP) is 4.83. The predicted molar refractivity (Wildman–Crippen MR) is 103 cm³/mol. The highest BCUT2D eigenvalue weighted by Crippen LogP contribution is 2.38. The summed E-state index contributed by atoms with van der Waals surface area (Å²) in [5, 5.41) is 12.4. The molecule has 2 atom stereocenters. The van der Waals surface area contributed by atoms with Gasteiger partial charge < -0.3 is 10.0 Å². The first-order valence-electron chi connectivity index (χ1n) is 8.21. The molecule has 24 heavy (non-hydrogen) atoms. The fourth-order valence-electron chi connectivity index (χ4n) is 3.19. The molecule has 2 nitrogen and oxygen atoms in total. The molecule has 1 N–H and O–H groups in total. The van der Waals surface area contributed by atoms with Crippen molar-refractivity contribution in [2.24, 2.45) is 5.92 Å². The van der Waals surface area contributed by atoms with E-state index in [2.05, 4.69) is 11.8 Å². The van der Waals surface area contributed by atoms with Crippen LogP contribution < -0.4 is 0 Å². The van der Waals surface area contributed by atoms with Crippen LogP contribution in [-0.2, 0) is 5.60 Å². The molecule has 2 rings (SSSR count). The molecule has 0 aliphatic carbocycles. The molecule has 2 unspecified atom stereocenters. The third kappa shape index (κ3) is 4.27. The van der Waals surface area contributed by atoms with Crippen molar-refractivity contribution >= 4 is 17.7 Å². The number of rotatable bonds is 6. The lowest BCUT2D eigenvalue weighted by atomic mass is 9.76. The summed E-state index contributed by atoms with van der Waals surface area (Å²) < 4.78 is 0. The highest BCUT2D eigenvalue weighted by atomic mass is 35.5. The Balaban J connectivity index is 2.47. The summed E-state index contributed by atoms with van der Waals surface area (Å²) in [6, 6.07) is 17.6. The molecule has 0 saturated carbocycles. The van der Waals surface area contributed by atoms with Crippen LogP contribution in [0.2, 0.25) is 5.02 Å². The van der Waals surface area contributed by atoms with Crippen LogP contribution in [0, 0.1) is 5.92 Å². The second kappa shape index (κ2) is 7.98. The summed E-state index contributed by atoms with van der Waals surface area (Å²) in [5.41, 5.74) is 1.85. The van der Waals surface area contributed by atoms with E-state index in [1.807, 2.05) is 81.7 Å². The van der Waals surface area contributed by atoms with E-state index in [1.165, 1.54) is 0 Å². The van der Waals surface area contributed by atoms with Gasteiger partial charge in [-0.25, -0.2) is 0 Å². The molecule has 2 aromatic rings. The molecule has 0 aromatic heterocycles. The monoisotopic (exact) mass is 343 g/mol. The quantitative estimate of drug-likeness (QED) is 0.812. The van der Waals surface area contributed by atoms with Gasteiger partial charge in [-0.05, 0) is 49.9 Å². The molecule has 0 bridgehead atoms. The van der Waals surface area contributed by atoms with E-state index in [0.29, 0.717) is 5.02 Å². The van der Waals surface area contributed by atoms with Crippen molar-refractivity contribution in [2.45, 2.75) is 19.4 Å². The first-order chi connectivity index (χ1) is 11.3. The molecule has 128 valence electrons. The highest BCUT2D eigenvalue weighted by molar-refractivity contribution is 6.30. The second-order valence-corrected chi connectivity index (χ2v) is 7.11. The minimum atomic E-state index is -1.02. The van der Waals surface area contributed by atoms with Gasteiger partial charge in [-0.3, -0.25) is 0 Å². The van der Waals surface area contributed by atoms with Crippen molar-refractivity contribution < 1.29 is 5.11 Å². The lowest BCUT2D eigenvalue weighted by molar-refractivity contribution is 0.0105. The third-order valence-electron chi connectivity index (χ3n) is 4.42. The molecular weight excluding hydrogens is 318 g/mol. The van der Waals surface area contributed by atoms with Gasteiger partial charge in [0, 0.05) is 17.5 Å². The summed E-state index contributed by atoms with van der Waals surface area (Å²) in [5.74, 6) is 0.0402. The summed E-state index contributed by atoms with van der Waals surface area (Å²) in [7, 11) is 4.06. The molecule has 0 aliphatic rings. The van der Waals surface area contributed by atoms with Gasteiger partial charge in [0.2, 0.25) is 0 Å². The molecule has 0 fully saturated rings. The Hall–Kier alpha value is -1.61. The number of benzene rings is 2. The van der Waals surface area contributed by atoms with E-state index in [1.54, 1.807) is 0 Å². The minimum absolute atomic E-state index is 0.0402. The molecule has 0 aliphatic heterocycles. The third-order valence-corrected chi connectivity index (χ3v) is 4.67. The van der Waals surface area contributed by atoms with Crippen LogP contribution in [0.1, 0.15) is 25.0 Å². The van der Waals surface area contributed by atoms with Gasteiger partial charge in [0.15, 0.2) is 0 Å².